The van der Waals surface area contributed by atoms with Crippen LogP contribution in [0.5, 0.6) is 0 Å². The number of nitrogens with zero attached hydrogens (tertiary/aromatic N) is 1. The first-order valence-electron chi connectivity index (χ1n) is 6.82. The number of benzene rings is 2. The summed E-state index contributed by atoms with van der Waals surface area (Å²) < 4.78 is 12.7. The van der Waals surface area contributed by atoms with Crippen molar-refractivity contribution < 1.29 is 9.47 Å². The summed E-state index contributed by atoms with van der Waals surface area (Å²) in [5, 5.41) is 1.42. The fourth-order valence-corrected chi connectivity index (χ4v) is 2.67. The zero-order valence-electron chi connectivity index (χ0n) is 12.1. The summed E-state index contributed by atoms with van der Waals surface area (Å²) in [7, 11) is 3.22. The molecule has 0 saturated carbocycles. The zero-order chi connectivity index (χ0) is 14.8. The molecule has 4 nitrogen and oxygen atoms in total. The summed E-state index contributed by atoms with van der Waals surface area (Å²) in [6.07, 6.45) is -0.362. The Morgan fingerprint density at radius 2 is 1.38 bits per heavy atom. The normalized spacial score (nSPS) is 11.6. The van der Waals surface area contributed by atoms with E-state index in [9.17, 15) is 4.79 Å². The van der Waals surface area contributed by atoms with Crippen molar-refractivity contribution in [1.29, 1.82) is 0 Å². The minimum absolute atomic E-state index is 0.0591. The molecule has 3 rings (SSSR count). The van der Waals surface area contributed by atoms with Gasteiger partial charge in [0.05, 0.1) is 17.6 Å². The molecule has 0 atom stereocenters. The Balaban J connectivity index is 2.37. The zero-order valence-corrected chi connectivity index (χ0v) is 12.1. The van der Waals surface area contributed by atoms with Crippen LogP contribution in [0.2, 0.25) is 0 Å². The molecule has 4 heteroatoms. The van der Waals surface area contributed by atoms with Crippen molar-refractivity contribution in [1.82, 2.24) is 4.57 Å². The number of ether oxygens (including phenoxy) is 2. The third kappa shape index (κ3) is 2.33. The summed E-state index contributed by atoms with van der Waals surface area (Å²) >= 11 is 0. The first-order chi connectivity index (χ1) is 10.3. The van der Waals surface area contributed by atoms with Gasteiger partial charge in [-0.15, -0.1) is 0 Å². The van der Waals surface area contributed by atoms with Crippen LogP contribution in [-0.4, -0.2) is 25.1 Å². The second kappa shape index (κ2) is 5.68. The van der Waals surface area contributed by atoms with Crippen LogP contribution in [0.3, 0.4) is 0 Å². The average Bonchev–Trinajstić information content (AvgIpc) is 2.55. The van der Waals surface area contributed by atoms with E-state index in [1.807, 2.05) is 48.5 Å². The van der Waals surface area contributed by atoms with Gasteiger partial charge in [0.25, 0.3) is 0 Å². The maximum Gasteiger partial charge on any atom is 0.197 e. The number of methoxy groups -OCH3 is 2. The van der Waals surface area contributed by atoms with Crippen molar-refractivity contribution in [3.8, 4) is 0 Å². The van der Waals surface area contributed by atoms with Crippen LogP contribution in [0.1, 0.15) is 0 Å². The van der Waals surface area contributed by atoms with E-state index in [0.29, 0.717) is 17.3 Å². The fourth-order valence-electron chi connectivity index (χ4n) is 2.67. The minimum Gasteiger partial charge on any atom is -0.354 e. The highest BCUT2D eigenvalue weighted by Gasteiger charge is 2.13. The van der Waals surface area contributed by atoms with Crippen LogP contribution in [-0.2, 0) is 16.0 Å². The number of aromatic nitrogens is 1. The van der Waals surface area contributed by atoms with E-state index in [-0.39, 0.29) is 11.7 Å². The van der Waals surface area contributed by atoms with Gasteiger partial charge in [0.15, 0.2) is 11.7 Å². The Labute approximate surface area is 122 Å². The van der Waals surface area contributed by atoms with Gasteiger partial charge in [-0.1, -0.05) is 24.3 Å². The third-order valence-electron chi connectivity index (χ3n) is 3.74. The lowest BCUT2D eigenvalue weighted by Gasteiger charge is -2.19. The standard InChI is InChI=1S/C17H17NO3/c1-20-16(21-2)11-18-14-9-5-3-7-12(14)17(19)13-8-4-6-10-15(13)18/h3-10,16H,11H2,1-2H3. The van der Waals surface area contributed by atoms with E-state index in [4.69, 9.17) is 9.47 Å². The van der Waals surface area contributed by atoms with Crippen LogP contribution in [0.15, 0.2) is 53.3 Å². The van der Waals surface area contributed by atoms with E-state index < -0.39 is 0 Å². The predicted molar refractivity (Wildman–Crippen MR) is 83.5 cm³/mol. The molecule has 0 aliphatic heterocycles. The molecular formula is C17H17NO3. The van der Waals surface area contributed by atoms with Gasteiger partial charge in [0.2, 0.25) is 0 Å². The average molecular weight is 283 g/mol. The summed E-state index contributed by atoms with van der Waals surface area (Å²) in [4.78, 5) is 12.6. The van der Waals surface area contributed by atoms with Gasteiger partial charge in [0.1, 0.15) is 0 Å². The van der Waals surface area contributed by atoms with Crippen molar-refractivity contribution in [3.05, 3.63) is 58.8 Å². The van der Waals surface area contributed by atoms with Crippen molar-refractivity contribution in [3.63, 3.8) is 0 Å². The fraction of sp³-hybridized carbons (Fsp3) is 0.235. The smallest absolute Gasteiger partial charge is 0.197 e. The van der Waals surface area contributed by atoms with E-state index in [1.54, 1.807) is 14.2 Å². The van der Waals surface area contributed by atoms with Crippen LogP contribution in [0, 0.1) is 0 Å². The molecule has 0 aliphatic rings. The first kappa shape index (κ1) is 13.8. The van der Waals surface area contributed by atoms with E-state index in [1.165, 1.54) is 0 Å². The Morgan fingerprint density at radius 3 is 1.86 bits per heavy atom. The van der Waals surface area contributed by atoms with Crippen LogP contribution >= 0.6 is 0 Å². The number of rotatable bonds is 4. The first-order valence-corrected chi connectivity index (χ1v) is 6.82. The van der Waals surface area contributed by atoms with Crippen molar-refractivity contribution >= 4 is 21.8 Å². The number of hydrogen-bond donors (Lipinski definition) is 0. The molecule has 3 aromatic rings. The SMILES string of the molecule is COC(Cn1c2ccccc2c(=O)c2ccccc21)OC. The largest absolute Gasteiger partial charge is 0.354 e. The number of hydrogen-bond acceptors (Lipinski definition) is 3. The predicted octanol–water partition coefficient (Wildman–Crippen LogP) is 2.77. The highest BCUT2D eigenvalue weighted by atomic mass is 16.7. The third-order valence-corrected chi connectivity index (χ3v) is 3.74. The molecule has 0 radical (unpaired) electrons. The highest BCUT2D eigenvalue weighted by Crippen LogP contribution is 2.19. The van der Waals surface area contributed by atoms with Gasteiger partial charge in [-0.2, -0.15) is 0 Å². The lowest BCUT2D eigenvalue weighted by atomic mass is 10.1. The van der Waals surface area contributed by atoms with E-state index in [2.05, 4.69) is 4.57 Å². The van der Waals surface area contributed by atoms with Crippen LogP contribution in [0.25, 0.3) is 21.8 Å². The summed E-state index contributed by atoms with van der Waals surface area (Å²) in [5.74, 6) is 0. The van der Waals surface area contributed by atoms with Gasteiger partial charge in [0, 0.05) is 25.0 Å². The Kier molecular flexibility index (Phi) is 3.73. The lowest BCUT2D eigenvalue weighted by Crippen LogP contribution is -2.23. The quantitative estimate of drug-likeness (QED) is 0.546. The van der Waals surface area contributed by atoms with Gasteiger partial charge in [-0.05, 0) is 24.3 Å². The Morgan fingerprint density at radius 1 is 0.905 bits per heavy atom. The van der Waals surface area contributed by atoms with Gasteiger partial charge in [-0.3, -0.25) is 4.79 Å². The molecule has 0 aliphatic carbocycles. The minimum atomic E-state index is -0.362. The molecule has 0 unspecified atom stereocenters. The molecule has 0 fully saturated rings. The molecule has 0 saturated heterocycles. The second-order valence-corrected chi connectivity index (χ2v) is 4.87. The molecule has 108 valence electrons. The number of pyridine rings is 1. The van der Waals surface area contributed by atoms with Gasteiger partial charge >= 0.3 is 0 Å². The molecule has 0 N–H and O–H groups in total. The molecular weight excluding hydrogens is 266 g/mol. The summed E-state index contributed by atoms with van der Waals surface area (Å²) in [6.45, 7) is 0.522. The summed E-state index contributed by atoms with van der Waals surface area (Å²) in [5.41, 5.74) is 1.84. The van der Waals surface area contributed by atoms with Crippen molar-refractivity contribution in [2.24, 2.45) is 0 Å². The number of para-hydroxylation sites is 2. The summed E-state index contributed by atoms with van der Waals surface area (Å²) in [6, 6.07) is 15.2. The monoisotopic (exact) mass is 283 g/mol. The lowest BCUT2D eigenvalue weighted by molar-refractivity contribution is -0.109. The van der Waals surface area contributed by atoms with Crippen molar-refractivity contribution in [2.75, 3.05) is 14.2 Å². The van der Waals surface area contributed by atoms with Gasteiger partial charge in [-0.25, -0.2) is 0 Å². The van der Waals surface area contributed by atoms with Crippen LogP contribution in [0.4, 0.5) is 0 Å². The topological polar surface area (TPSA) is 40.5 Å². The molecule has 2 aromatic carbocycles. The Bertz CT molecular complexity index is 774. The maximum absolute atomic E-state index is 12.6. The highest BCUT2D eigenvalue weighted by molar-refractivity contribution is 5.93. The van der Waals surface area contributed by atoms with Crippen molar-refractivity contribution in [2.45, 2.75) is 12.8 Å². The van der Waals surface area contributed by atoms with E-state index in [0.717, 1.165) is 11.0 Å². The van der Waals surface area contributed by atoms with Crippen LogP contribution < -0.4 is 5.43 Å². The van der Waals surface area contributed by atoms with Gasteiger partial charge < -0.3 is 14.0 Å². The molecule has 1 aromatic heterocycles. The van der Waals surface area contributed by atoms with E-state index >= 15 is 0 Å². The molecule has 0 spiro atoms. The number of fused-ring (bicyclic) bond motifs is 2. The second-order valence-electron chi connectivity index (χ2n) is 4.87. The molecule has 0 bridgehead atoms. The Hall–Kier alpha value is -2.17. The molecule has 21 heavy (non-hydrogen) atoms. The molecule has 1 heterocycles. The maximum atomic E-state index is 12.6. The molecule has 0 amide bonds.